The molecule has 0 fully saturated rings. The number of carbonyl (C=O) groups excluding carboxylic acids is 1. The van der Waals surface area contributed by atoms with Gasteiger partial charge in [0.05, 0.1) is 18.8 Å². The maximum Gasteiger partial charge on any atom is 0.243 e. The summed E-state index contributed by atoms with van der Waals surface area (Å²) < 4.78 is 18.4. The van der Waals surface area contributed by atoms with Crippen molar-refractivity contribution >= 4 is 17.6 Å². The van der Waals surface area contributed by atoms with Gasteiger partial charge in [-0.15, -0.1) is 0 Å². The summed E-state index contributed by atoms with van der Waals surface area (Å²) in [5.41, 5.74) is 2.12. The SMILES string of the molecule is CN=C(NCC(=O)Nc1ccc(F)cc1)NCc1coc(-c2ccccc2)n1. The maximum absolute atomic E-state index is 12.9. The third-order valence-corrected chi connectivity index (χ3v) is 3.78. The van der Waals surface area contributed by atoms with Crippen LogP contribution in [-0.2, 0) is 11.3 Å². The molecule has 0 radical (unpaired) electrons. The highest BCUT2D eigenvalue weighted by molar-refractivity contribution is 5.94. The molecule has 0 bridgehead atoms. The van der Waals surface area contributed by atoms with Crippen LogP contribution in [0.3, 0.4) is 0 Å². The van der Waals surface area contributed by atoms with E-state index in [0.717, 1.165) is 5.56 Å². The second-order valence-electron chi connectivity index (χ2n) is 5.84. The quantitative estimate of drug-likeness (QED) is 0.451. The van der Waals surface area contributed by atoms with E-state index < -0.39 is 0 Å². The number of nitrogens with zero attached hydrogens (tertiary/aromatic N) is 2. The van der Waals surface area contributed by atoms with Gasteiger partial charge in [-0.3, -0.25) is 9.79 Å². The summed E-state index contributed by atoms with van der Waals surface area (Å²) in [6, 6.07) is 15.2. The van der Waals surface area contributed by atoms with E-state index in [-0.39, 0.29) is 18.3 Å². The van der Waals surface area contributed by atoms with Gasteiger partial charge in [0.25, 0.3) is 0 Å². The van der Waals surface area contributed by atoms with Gasteiger partial charge in [0.1, 0.15) is 12.1 Å². The number of amides is 1. The number of rotatable bonds is 6. The van der Waals surface area contributed by atoms with Crippen LogP contribution >= 0.6 is 0 Å². The molecule has 1 heterocycles. The zero-order chi connectivity index (χ0) is 19.8. The zero-order valence-corrected chi connectivity index (χ0v) is 15.3. The van der Waals surface area contributed by atoms with Gasteiger partial charge in [0.15, 0.2) is 5.96 Å². The molecular weight excluding hydrogens is 361 g/mol. The molecule has 28 heavy (non-hydrogen) atoms. The Morgan fingerprint density at radius 3 is 2.57 bits per heavy atom. The van der Waals surface area contributed by atoms with Gasteiger partial charge in [0, 0.05) is 18.3 Å². The van der Waals surface area contributed by atoms with Crippen molar-refractivity contribution in [2.75, 3.05) is 18.9 Å². The Labute approximate surface area is 161 Å². The molecule has 0 atom stereocenters. The number of nitrogens with one attached hydrogen (secondary N) is 3. The van der Waals surface area contributed by atoms with Crippen LogP contribution in [0.15, 0.2) is 70.3 Å². The Morgan fingerprint density at radius 2 is 1.86 bits per heavy atom. The third kappa shape index (κ3) is 5.41. The highest BCUT2D eigenvalue weighted by Crippen LogP contribution is 2.17. The van der Waals surface area contributed by atoms with Crippen LogP contribution in [0.1, 0.15) is 5.69 Å². The summed E-state index contributed by atoms with van der Waals surface area (Å²) in [4.78, 5) is 20.5. The summed E-state index contributed by atoms with van der Waals surface area (Å²) in [5.74, 6) is 0.351. The Balaban J connectivity index is 1.46. The first-order chi connectivity index (χ1) is 13.6. The smallest absolute Gasteiger partial charge is 0.243 e. The molecule has 0 aliphatic rings. The molecule has 0 saturated heterocycles. The molecule has 0 saturated carbocycles. The molecule has 3 aromatic rings. The number of oxazole rings is 1. The number of anilines is 1. The molecule has 1 amide bonds. The van der Waals surface area contributed by atoms with Gasteiger partial charge in [-0.2, -0.15) is 0 Å². The third-order valence-electron chi connectivity index (χ3n) is 3.78. The molecular formula is C20H20FN5O2. The molecule has 8 heteroatoms. The fourth-order valence-corrected chi connectivity index (χ4v) is 2.40. The van der Waals surface area contributed by atoms with E-state index in [9.17, 15) is 9.18 Å². The van der Waals surface area contributed by atoms with Gasteiger partial charge < -0.3 is 20.4 Å². The Morgan fingerprint density at radius 1 is 1.11 bits per heavy atom. The number of halogens is 1. The normalized spacial score (nSPS) is 11.1. The molecule has 3 rings (SSSR count). The van der Waals surface area contributed by atoms with E-state index in [1.54, 1.807) is 13.3 Å². The molecule has 3 N–H and O–H groups in total. The largest absolute Gasteiger partial charge is 0.444 e. The molecule has 1 aromatic heterocycles. The monoisotopic (exact) mass is 381 g/mol. The number of hydrogen-bond donors (Lipinski definition) is 3. The van der Waals surface area contributed by atoms with E-state index in [4.69, 9.17) is 4.42 Å². The van der Waals surface area contributed by atoms with Gasteiger partial charge >= 0.3 is 0 Å². The van der Waals surface area contributed by atoms with E-state index >= 15 is 0 Å². The van der Waals surface area contributed by atoms with Crippen molar-refractivity contribution in [2.45, 2.75) is 6.54 Å². The van der Waals surface area contributed by atoms with E-state index in [2.05, 4.69) is 25.9 Å². The standard InChI is InChI=1S/C20H20FN5O2/c1-22-20(24-12-18(27)25-16-9-7-15(21)8-10-16)23-11-17-13-28-19(26-17)14-5-3-2-4-6-14/h2-10,13H,11-12H2,1H3,(H,25,27)(H2,22,23,24). The lowest BCUT2D eigenvalue weighted by atomic mass is 10.2. The van der Waals surface area contributed by atoms with Crippen molar-refractivity contribution < 1.29 is 13.6 Å². The Bertz CT molecular complexity index is 939. The molecule has 0 spiro atoms. The topological polar surface area (TPSA) is 91.5 Å². The van der Waals surface area contributed by atoms with Gasteiger partial charge in [-0.05, 0) is 36.4 Å². The number of benzene rings is 2. The number of aromatic nitrogens is 1. The molecule has 0 aliphatic heterocycles. The van der Waals surface area contributed by atoms with Crippen LogP contribution in [0.25, 0.3) is 11.5 Å². The van der Waals surface area contributed by atoms with Crippen molar-refractivity contribution in [3.63, 3.8) is 0 Å². The van der Waals surface area contributed by atoms with Crippen molar-refractivity contribution in [3.05, 3.63) is 72.4 Å². The summed E-state index contributed by atoms with van der Waals surface area (Å²) in [7, 11) is 1.60. The van der Waals surface area contributed by atoms with Crippen molar-refractivity contribution in [1.82, 2.24) is 15.6 Å². The number of hydrogen-bond acceptors (Lipinski definition) is 4. The minimum Gasteiger partial charge on any atom is -0.444 e. The summed E-state index contributed by atoms with van der Waals surface area (Å²) in [6.45, 7) is 0.390. The van der Waals surface area contributed by atoms with Crippen LogP contribution < -0.4 is 16.0 Å². The number of guanidine groups is 1. The highest BCUT2D eigenvalue weighted by atomic mass is 19.1. The average molecular weight is 381 g/mol. The zero-order valence-electron chi connectivity index (χ0n) is 15.3. The van der Waals surface area contributed by atoms with E-state index in [0.29, 0.717) is 29.8 Å². The van der Waals surface area contributed by atoms with Gasteiger partial charge in [0.2, 0.25) is 11.8 Å². The van der Waals surface area contributed by atoms with Crippen molar-refractivity contribution in [2.24, 2.45) is 4.99 Å². The second kappa shape index (κ2) is 9.31. The number of carbonyl (C=O) groups is 1. The highest BCUT2D eigenvalue weighted by Gasteiger charge is 2.08. The molecule has 7 nitrogen and oxygen atoms in total. The minimum absolute atomic E-state index is 0.00509. The second-order valence-corrected chi connectivity index (χ2v) is 5.84. The summed E-state index contributed by atoms with van der Waals surface area (Å²) in [6.07, 6.45) is 1.57. The first-order valence-electron chi connectivity index (χ1n) is 8.64. The first-order valence-corrected chi connectivity index (χ1v) is 8.64. The van der Waals surface area contributed by atoms with Crippen LogP contribution in [0.2, 0.25) is 0 Å². The Hall–Kier alpha value is -3.68. The molecule has 0 unspecified atom stereocenters. The van der Waals surface area contributed by atoms with Gasteiger partial charge in [-0.25, -0.2) is 9.37 Å². The molecule has 144 valence electrons. The average Bonchev–Trinajstić information content (AvgIpc) is 3.20. The first kappa shape index (κ1) is 19.1. The maximum atomic E-state index is 12.9. The predicted molar refractivity (Wildman–Crippen MR) is 105 cm³/mol. The molecule has 0 aliphatic carbocycles. The summed E-state index contributed by atoms with van der Waals surface area (Å²) >= 11 is 0. The summed E-state index contributed by atoms with van der Waals surface area (Å²) in [5, 5.41) is 8.63. The fraction of sp³-hybridized carbons (Fsp3) is 0.150. The van der Waals surface area contributed by atoms with Crippen LogP contribution in [0, 0.1) is 5.82 Å². The van der Waals surface area contributed by atoms with E-state index in [1.807, 2.05) is 30.3 Å². The minimum atomic E-state index is -0.357. The predicted octanol–water partition coefficient (Wildman–Crippen LogP) is 2.78. The van der Waals surface area contributed by atoms with Crippen LogP contribution in [0.5, 0.6) is 0 Å². The lowest BCUT2D eigenvalue weighted by Crippen LogP contribution is -2.41. The van der Waals surface area contributed by atoms with Crippen molar-refractivity contribution in [3.8, 4) is 11.5 Å². The Kier molecular flexibility index (Phi) is 6.35. The van der Waals surface area contributed by atoms with Crippen LogP contribution in [-0.4, -0.2) is 30.4 Å². The van der Waals surface area contributed by atoms with E-state index in [1.165, 1.54) is 24.3 Å². The van der Waals surface area contributed by atoms with Crippen LogP contribution in [0.4, 0.5) is 10.1 Å². The lowest BCUT2D eigenvalue weighted by molar-refractivity contribution is -0.115. The molecule has 2 aromatic carbocycles. The lowest BCUT2D eigenvalue weighted by Gasteiger charge is -2.11. The number of aliphatic imine (C=N–C) groups is 1. The van der Waals surface area contributed by atoms with Gasteiger partial charge in [-0.1, -0.05) is 18.2 Å². The van der Waals surface area contributed by atoms with Crippen molar-refractivity contribution in [1.29, 1.82) is 0 Å². The fourth-order valence-electron chi connectivity index (χ4n) is 2.40.